The number of benzene rings is 2. The standard InChI is InChI=1S/C20H13F2N3OS3/c21-14-5-1-12(2-6-14)16-9-27-19(23-16)25-18(26)11-29-20-24-17(10-28-20)13-3-7-15(22)8-4-13/h1-10H,11H2,(H,23,25,26). The third-order valence-electron chi connectivity index (χ3n) is 3.84. The monoisotopic (exact) mass is 445 g/mol. The number of hydrogen-bond acceptors (Lipinski definition) is 6. The van der Waals surface area contributed by atoms with E-state index in [4.69, 9.17) is 0 Å². The smallest absolute Gasteiger partial charge is 0.236 e. The molecule has 0 saturated carbocycles. The molecule has 0 atom stereocenters. The van der Waals surface area contributed by atoms with Crippen LogP contribution in [0, 0.1) is 11.6 Å². The Morgan fingerprint density at radius 3 is 2.03 bits per heavy atom. The van der Waals surface area contributed by atoms with Crippen molar-refractivity contribution >= 4 is 45.5 Å². The van der Waals surface area contributed by atoms with Crippen LogP contribution in [-0.4, -0.2) is 21.6 Å². The lowest BCUT2D eigenvalue weighted by molar-refractivity contribution is -0.113. The topological polar surface area (TPSA) is 54.9 Å². The first kappa shape index (κ1) is 19.7. The number of carbonyl (C=O) groups excluding carboxylic acids is 1. The van der Waals surface area contributed by atoms with E-state index in [0.717, 1.165) is 21.2 Å². The Morgan fingerprint density at radius 2 is 1.41 bits per heavy atom. The molecule has 4 aromatic rings. The second-order valence-corrected chi connectivity index (χ2v) is 8.83. The van der Waals surface area contributed by atoms with E-state index in [1.807, 2.05) is 10.8 Å². The summed E-state index contributed by atoms with van der Waals surface area (Å²) in [6.45, 7) is 0. The van der Waals surface area contributed by atoms with Crippen LogP contribution in [0.5, 0.6) is 0 Å². The number of carbonyl (C=O) groups is 1. The SMILES string of the molecule is O=C(CSc1nc(-c2ccc(F)cc2)cs1)Nc1nc(-c2ccc(F)cc2)cs1. The minimum Gasteiger partial charge on any atom is -0.301 e. The summed E-state index contributed by atoms with van der Waals surface area (Å²) in [5.41, 5.74) is 3.05. The number of thiazole rings is 2. The van der Waals surface area contributed by atoms with Crippen LogP contribution in [0.2, 0.25) is 0 Å². The van der Waals surface area contributed by atoms with E-state index < -0.39 is 0 Å². The van der Waals surface area contributed by atoms with Gasteiger partial charge in [-0.1, -0.05) is 11.8 Å². The van der Waals surface area contributed by atoms with Gasteiger partial charge in [0.15, 0.2) is 9.47 Å². The second-order valence-electron chi connectivity index (χ2n) is 5.89. The molecule has 0 radical (unpaired) electrons. The fraction of sp³-hybridized carbons (Fsp3) is 0.0500. The molecule has 0 aliphatic carbocycles. The zero-order chi connectivity index (χ0) is 20.2. The number of anilines is 1. The van der Waals surface area contributed by atoms with Crippen LogP contribution < -0.4 is 5.32 Å². The fourth-order valence-electron chi connectivity index (χ4n) is 2.44. The number of thioether (sulfide) groups is 1. The summed E-state index contributed by atoms with van der Waals surface area (Å²) in [5, 5.41) is 6.94. The maximum absolute atomic E-state index is 13.0. The number of rotatable bonds is 6. The van der Waals surface area contributed by atoms with Crippen molar-refractivity contribution in [3.63, 3.8) is 0 Å². The lowest BCUT2D eigenvalue weighted by Gasteiger charge is -2.00. The van der Waals surface area contributed by atoms with Gasteiger partial charge in [0.2, 0.25) is 5.91 Å². The van der Waals surface area contributed by atoms with Crippen molar-refractivity contribution in [2.24, 2.45) is 0 Å². The molecule has 4 rings (SSSR count). The van der Waals surface area contributed by atoms with Crippen molar-refractivity contribution < 1.29 is 13.6 Å². The highest BCUT2D eigenvalue weighted by Crippen LogP contribution is 2.29. The van der Waals surface area contributed by atoms with Gasteiger partial charge in [-0.3, -0.25) is 4.79 Å². The third kappa shape index (κ3) is 5.06. The van der Waals surface area contributed by atoms with Gasteiger partial charge in [0.1, 0.15) is 11.6 Å². The highest BCUT2D eigenvalue weighted by Gasteiger charge is 2.11. The van der Waals surface area contributed by atoms with Crippen LogP contribution in [0.1, 0.15) is 0 Å². The molecule has 0 bridgehead atoms. The Bertz CT molecular complexity index is 1120. The first-order valence-electron chi connectivity index (χ1n) is 8.42. The normalized spacial score (nSPS) is 10.8. The van der Waals surface area contributed by atoms with Crippen molar-refractivity contribution in [3.8, 4) is 22.5 Å². The van der Waals surface area contributed by atoms with Crippen LogP contribution in [0.25, 0.3) is 22.5 Å². The number of amides is 1. The summed E-state index contributed by atoms with van der Waals surface area (Å²) < 4.78 is 26.8. The Kier molecular flexibility index (Phi) is 5.98. The van der Waals surface area contributed by atoms with Crippen molar-refractivity contribution in [1.82, 2.24) is 9.97 Å². The van der Waals surface area contributed by atoms with E-state index in [-0.39, 0.29) is 23.3 Å². The summed E-state index contributed by atoms with van der Waals surface area (Å²) >= 11 is 4.07. The molecule has 1 N–H and O–H groups in total. The summed E-state index contributed by atoms with van der Waals surface area (Å²) in [4.78, 5) is 21.1. The van der Waals surface area contributed by atoms with Crippen molar-refractivity contribution in [2.75, 3.05) is 11.1 Å². The van der Waals surface area contributed by atoms with Crippen molar-refractivity contribution in [2.45, 2.75) is 4.34 Å². The largest absolute Gasteiger partial charge is 0.301 e. The molecule has 0 spiro atoms. The molecule has 2 aromatic heterocycles. The van der Waals surface area contributed by atoms with E-state index in [1.54, 1.807) is 24.3 Å². The quantitative estimate of drug-likeness (QED) is 0.373. The summed E-state index contributed by atoms with van der Waals surface area (Å²) in [7, 11) is 0. The number of hydrogen-bond donors (Lipinski definition) is 1. The van der Waals surface area contributed by atoms with Crippen molar-refractivity contribution in [1.29, 1.82) is 0 Å². The first-order chi connectivity index (χ1) is 14.1. The first-order valence-corrected chi connectivity index (χ1v) is 11.2. The highest BCUT2D eigenvalue weighted by molar-refractivity contribution is 8.01. The Hall–Kier alpha value is -2.62. The van der Waals surface area contributed by atoms with Gasteiger partial charge in [0, 0.05) is 21.9 Å². The summed E-state index contributed by atoms with van der Waals surface area (Å²) in [5.74, 6) is -0.588. The molecular weight excluding hydrogens is 432 g/mol. The summed E-state index contributed by atoms with van der Waals surface area (Å²) in [6.07, 6.45) is 0. The van der Waals surface area contributed by atoms with Crippen LogP contribution in [-0.2, 0) is 4.79 Å². The number of halogens is 2. The molecular formula is C20H13F2N3OS3. The van der Waals surface area contributed by atoms with E-state index in [9.17, 15) is 13.6 Å². The predicted molar refractivity (Wildman–Crippen MR) is 114 cm³/mol. The van der Waals surface area contributed by atoms with Gasteiger partial charge in [-0.05, 0) is 48.5 Å². The number of aromatic nitrogens is 2. The molecule has 0 aliphatic heterocycles. The molecule has 9 heteroatoms. The molecule has 2 heterocycles. The maximum atomic E-state index is 13.0. The van der Waals surface area contributed by atoms with Gasteiger partial charge in [-0.15, -0.1) is 22.7 Å². The third-order valence-corrected chi connectivity index (χ3v) is 6.62. The van der Waals surface area contributed by atoms with Crippen molar-refractivity contribution in [3.05, 3.63) is 70.9 Å². The van der Waals surface area contributed by atoms with E-state index in [2.05, 4.69) is 15.3 Å². The number of nitrogens with zero attached hydrogens (tertiary/aromatic N) is 2. The zero-order valence-electron chi connectivity index (χ0n) is 14.8. The maximum Gasteiger partial charge on any atom is 0.236 e. The molecule has 1 amide bonds. The van der Waals surface area contributed by atoms with Gasteiger partial charge in [-0.2, -0.15) is 0 Å². The molecule has 0 aliphatic rings. The van der Waals surface area contributed by atoms with Crippen LogP contribution in [0.4, 0.5) is 13.9 Å². The molecule has 0 saturated heterocycles. The minimum atomic E-state index is -0.306. The molecule has 29 heavy (non-hydrogen) atoms. The Labute approximate surface area is 177 Å². The molecule has 4 nitrogen and oxygen atoms in total. The Balaban J connectivity index is 1.33. The lowest BCUT2D eigenvalue weighted by Crippen LogP contribution is -2.13. The predicted octanol–water partition coefficient (Wildman–Crippen LogP) is 5.94. The second kappa shape index (κ2) is 8.81. The van der Waals surface area contributed by atoms with Crippen LogP contribution >= 0.6 is 34.4 Å². The van der Waals surface area contributed by atoms with Gasteiger partial charge < -0.3 is 5.32 Å². The zero-order valence-corrected chi connectivity index (χ0v) is 17.2. The molecule has 0 fully saturated rings. The van der Waals surface area contributed by atoms with E-state index in [0.29, 0.717) is 10.8 Å². The molecule has 0 unspecified atom stereocenters. The average molecular weight is 446 g/mol. The molecule has 2 aromatic carbocycles. The van der Waals surface area contributed by atoms with Gasteiger partial charge in [0.25, 0.3) is 0 Å². The fourth-order valence-corrected chi connectivity index (χ4v) is 4.81. The molecule has 146 valence electrons. The van der Waals surface area contributed by atoms with Gasteiger partial charge in [0.05, 0.1) is 17.1 Å². The van der Waals surface area contributed by atoms with E-state index in [1.165, 1.54) is 58.7 Å². The minimum absolute atomic E-state index is 0.187. The average Bonchev–Trinajstić information content (AvgIpc) is 3.37. The highest BCUT2D eigenvalue weighted by atomic mass is 32.2. The van der Waals surface area contributed by atoms with Crippen LogP contribution in [0.3, 0.4) is 0 Å². The number of nitrogens with one attached hydrogen (secondary N) is 1. The summed E-state index contributed by atoms with van der Waals surface area (Å²) in [6, 6.07) is 12.2. The Morgan fingerprint density at radius 1 is 0.862 bits per heavy atom. The van der Waals surface area contributed by atoms with Crippen LogP contribution in [0.15, 0.2) is 63.6 Å². The van der Waals surface area contributed by atoms with E-state index >= 15 is 0 Å². The van der Waals surface area contributed by atoms with Gasteiger partial charge >= 0.3 is 0 Å². The van der Waals surface area contributed by atoms with Gasteiger partial charge in [-0.25, -0.2) is 18.7 Å². The lowest BCUT2D eigenvalue weighted by atomic mass is 10.2.